The monoisotopic (exact) mass is 343 g/mol. The SMILES string of the molecule is CC[Si](CC)CCC(c1cn(C)c2ccccc12)[Si](CC)CC. The lowest BCUT2D eigenvalue weighted by atomic mass is 10.1. The molecule has 1 atom stereocenters. The molecule has 1 aromatic carbocycles. The number of aromatic nitrogens is 1. The highest BCUT2D eigenvalue weighted by molar-refractivity contribution is 6.61. The van der Waals surface area contributed by atoms with E-state index in [-0.39, 0.29) is 17.6 Å². The van der Waals surface area contributed by atoms with Crippen LogP contribution in [-0.4, -0.2) is 22.2 Å². The predicted molar refractivity (Wildman–Crippen MR) is 109 cm³/mol. The van der Waals surface area contributed by atoms with Crippen molar-refractivity contribution in [2.45, 2.75) is 69.9 Å². The van der Waals surface area contributed by atoms with Crippen molar-refractivity contribution in [1.82, 2.24) is 4.57 Å². The third-order valence-electron chi connectivity index (χ3n) is 5.49. The summed E-state index contributed by atoms with van der Waals surface area (Å²) >= 11 is 0. The lowest BCUT2D eigenvalue weighted by molar-refractivity contribution is 0.828. The summed E-state index contributed by atoms with van der Waals surface area (Å²) in [6, 6.07) is 16.2. The number of nitrogens with zero attached hydrogens (tertiary/aromatic N) is 1. The molecule has 0 saturated carbocycles. The summed E-state index contributed by atoms with van der Waals surface area (Å²) in [5, 5.41) is 1.51. The summed E-state index contributed by atoms with van der Waals surface area (Å²) in [7, 11) is 1.80. The molecule has 23 heavy (non-hydrogen) atoms. The molecule has 0 aliphatic rings. The third kappa shape index (κ3) is 4.18. The van der Waals surface area contributed by atoms with Gasteiger partial charge in [-0.15, -0.1) is 0 Å². The molecule has 0 aliphatic heterocycles. The van der Waals surface area contributed by atoms with E-state index in [1.807, 2.05) is 0 Å². The Balaban J connectivity index is 2.35. The van der Waals surface area contributed by atoms with E-state index < -0.39 is 0 Å². The second-order valence-electron chi connectivity index (χ2n) is 6.63. The molecule has 2 radical (unpaired) electrons. The second kappa shape index (κ2) is 8.88. The number of fused-ring (bicyclic) bond motifs is 1. The number of para-hydroxylation sites is 1. The first-order valence-electron chi connectivity index (χ1n) is 9.38. The van der Waals surface area contributed by atoms with Crippen molar-refractivity contribution >= 4 is 28.5 Å². The van der Waals surface area contributed by atoms with Crippen LogP contribution in [0.1, 0.15) is 45.2 Å². The molecule has 0 N–H and O–H groups in total. The highest BCUT2D eigenvalue weighted by Crippen LogP contribution is 2.35. The first-order valence-corrected chi connectivity index (χ1v) is 13.5. The first-order chi connectivity index (χ1) is 11.2. The van der Waals surface area contributed by atoms with Gasteiger partial charge in [0.25, 0.3) is 0 Å². The van der Waals surface area contributed by atoms with Crippen LogP contribution >= 0.6 is 0 Å². The van der Waals surface area contributed by atoms with Gasteiger partial charge in [-0.3, -0.25) is 0 Å². The van der Waals surface area contributed by atoms with Gasteiger partial charge in [0, 0.05) is 32.9 Å². The summed E-state index contributed by atoms with van der Waals surface area (Å²) < 4.78 is 2.34. The average molecular weight is 344 g/mol. The Kier molecular flexibility index (Phi) is 7.16. The fraction of sp³-hybridized carbons (Fsp3) is 0.600. The van der Waals surface area contributed by atoms with Crippen LogP contribution in [-0.2, 0) is 7.05 Å². The smallest absolute Gasteiger partial charge is 0.0557 e. The lowest BCUT2D eigenvalue weighted by Crippen LogP contribution is -2.23. The second-order valence-corrected chi connectivity index (χ2v) is 13.5. The maximum atomic E-state index is 2.44. The molecule has 0 amide bonds. The Morgan fingerprint density at radius 2 is 1.61 bits per heavy atom. The minimum atomic E-state index is -0.300. The van der Waals surface area contributed by atoms with Crippen LogP contribution < -0.4 is 0 Å². The Labute approximate surface area is 146 Å². The zero-order valence-electron chi connectivity index (χ0n) is 15.7. The van der Waals surface area contributed by atoms with Gasteiger partial charge in [-0.1, -0.05) is 82.5 Å². The molecule has 3 heteroatoms. The number of rotatable bonds is 9. The summed E-state index contributed by atoms with van der Waals surface area (Å²) in [6.07, 6.45) is 3.87. The fourth-order valence-corrected chi connectivity index (χ4v) is 8.83. The molecule has 1 nitrogen and oxygen atoms in total. The van der Waals surface area contributed by atoms with E-state index in [4.69, 9.17) is 0 Å². The quantitative estimate of drug-likeness (QED) is 0.473. The van der Waals surface area contributed by atoms with Crippen molar-refractivity contribution in [3.05, 3.63) is 36.0 Å². The largest absolute Gasteiger partial charge is 0.350 e. The van der Waals surface area contributed by atoms with Gasteiger partial charge in [0.1, 0.15) is 0 Å². The van der Waals surface area contributed by atoms with Gasteiger partial charge in [0.15, 0.2) is 0 Å². The Bertz CT molecular complexity index is 597. The Hall–Kier alpha value is -0.806. The van der Waals surface area contributed by atoms with Crippen LogP contribution in [0.5, 0.6) is 0 Å². The van der Waals surface area contributed by atoms with E-state index in [0.717, 1.165) is 5.54 Å². The minimum absolute atomic E-state index is 0.111. The maximum absolute atomic E-state index is 2.44. The third-order valence-corrected chi connectivity index (χ3v) is 11.9. The van der Waals surface area contributed by atoms with Crippen LogP contribution in [0.25, 0.3) is 10.9 Å². The Morgan fingerprint density at radius 3 is 2.22 bits per heavy atom. The topological polar surface area (TPSA) is 4.93 Å². The van der Waals surface area contributed by atoms with Gasteiger partial charge in [-0.2, -0.15) is 0 Å². The first kappa shape index (κ1) is 18.5. The van der Waals surface area contributed by atoms with Crippen LogP contribution in [0.3, 0.4) is 0 Å². The summed E-state index contributed by atoms with van der Waals surface area (Å²) in [5.41, 5.74) is 3.88. The average Bonchev–Trinajstić information content (AvgIpc) is 2.92. The summed E-state index contributed by atoms with van der Waals surface area (Å²) in [5.74, 6) is 0. The van der Waals surface area contributed by atoms with E-state index in [1.165, 1.54) is 47.5 Å². The van der Waals surface area contributed by atoms with Crippen LogP contribution in [0.2, 0.25) is 30.2 Å². The van der Waals surface area contributed by atoms with Gasteiger partial charge in [-0.05, 0) is 17.2 Å². The Morgan fingerprint density at radius 1 is 0.957 bits per heavy atom. The summed E-state index contributed by atoms with van der Waals surface area (Å²) in [6.45, 7) is 9.63. The van der Waals surface area contributed by atoms with Gasteiger partial charge in [0.2, 0.25) is 0 Å². The molecule has 0 saturated heterocycles. The van der Waals surface area contributed by atoms with Crippen LogP contribution in [0.4, 0.5) is 0 Å². The number of benzene rings is 1. The molecule has 2 rings (SSSR count). The van der Waals surface area contributed by atoms with E-state index in [0.29, 0.717) is 0 Å². The molecule has 0 bridgehead atoms. The molecule has 2 aromatic rings. The standard InChI is InChI=1S/C20H33NSi2/c1-6-22(7-2)15-14-20(23(8-3)9-4)18-16-21(5)19-13-11-10-12-17(18)19/h10-13,16,20H,6-9,14-15H2,1-5H3. The molecule has 0 spiro atoms. The number of hydrogen-bond acceptors (Lipinski definition) is 0. The molecule has 1 unspecified atom stereocenters. The highest BCUT2D eigenvalue weighted by atomic mass is 28.3. The van der Waals surface area contributed by atoms with Gasteiger partial charge in [0.05, 0.1) is 8.80 Å². The normalized spacial score (nSPS) is 13.3. The van der Waals surface area contributed by atoms with E-state index in [9.17, 15) is 0 Å². The predicted octanol–water partition coefficient (Wildman–Crippen LogP) is 6.26. The van der Waals surface area contributed by atoms with Gasteiger partial charge in [-0.25, -0.2) is 0 Å². The van der Waals surface area contributed by atoms with Crippen molar-refractivity contribution in [2.24, 2.45) is 7.05 Å². The van der Waals surface area contributed by atoms with Crippen molar-refractivity contribution < 1.29 is 0 Å². The molecule has 126 valence electrons. The van der Waals surface area contributed by atoms with Crippen molar-refractivity contribution in [3.63, 3.8) is 0 Å². The van der Waals surface area contributed by atoms with E-state index in [2.05, 4.69) is 69.8 Å². The number of hydrogen-bond donors (Lipinski definition) is 0. The summed E-state index contributed by atoms with van der Waals surface area (Å²) in [4.78, 5) is 0. The zero-order valence-corrected chi connectivity index (χ0v) is 17.7. The van der Waals surface area contributed by atoms with E-state index in [1.54, 1.807) is 5.56 Å². The molecule has 0 fully saturated rings. The fourth-order valence-electron chi connectivity index (χ4n) is 3.93. The number of aryl methyl sites for hydroxylation is 1. The van der Waals surface area contributed by atoms with Crippen molar-refractivity contribution in [3.8, 4) is 0 Å². The van der Waals surface area contributed by atoms with E-state index >= 15 is 0 Å². The molecule has 1 aromatic heterocycles. The maximum Gasteiger partial charge on any atom is 0.0557 e. The minimum Gasteiger partial charge on any atom is -0.350 e. The van der Waals surface area contributed by atoms with Gasteiger partial charge >= 0.3 is 0 Å². The van der Waals surface area contributed by atoms with Gasteiger partial charge < -0.3 is 4.57 Å². The van der Waals surface area contributed by atoms with Crippen molar-refractivity contribution in [2.75, 3.05) is 0 Å². The highest BCUT2D eigenvalue weighted by Gasteiger charge is 2.25. The van der Waals surface area contributed by atoms with Crippen LogP contribution in [0, 0.1) is 0 Å². The zero-order chi connectivity index (χ0) is 16.8. The molecule has 1 heterocycles. The molecular weight excluding hydrogens is 310 g/mol. The lowest BCUT2D eigenvalue weighted by Gasteiger charge is -2.25. The molecular formula is C20H33NSi2. The van der Waals surface area contributed by atoms with Crippen LogP contribution in [0.15, 0.2) is 30.5 Å². The molecule has 0 aliphatic carbocycles. The van der Waals surface area contributed by atoms with Crippen molar-refractivity contribution in [1.29, 1.82) is 0 Å².